The number of piperidine rings is 1. The normalized spacial score (nSPS) is 24.5. The molecule has 54 heavy (non-hydrogen) atoms. The third kappa shape index (κ3) is 11.0. The first kappa shape index (κ1) is 45.8. The number of ether oxygens (including phenoxy) is 2. The molecular formula is C40H65N6O7Re-. The summed E-state index contributed by atoms with van der Waals surface area (Å²) in [4.78, 5) is 58.8. The van der Waals surface area contributed by atoms with Gasteiger partial charge < -0.3 is 46.1 Å². The minimum absolute atomic E-state index is 0. The Morgan fingerprint density at radius 3 is 2.35 bits per heavy atom. The number of carbonyl (C=O) groups excluding carboxylic acids is 4. The summed E-state index contributed by atoms with van der Waals surface area (Å²) in [6.45, 7) is 9.99. The number of likely N-dealkylation sites (tertiary alicyclic amines) is 1. The van der Waals surface area contributed by atoms with E-state index in [4.69, 9.17) is 15.2 Å². The predicted octanol–water partition coefficient (Wildman–Crippen LogP) is 3.59. The van der Waals surface area contributed by atoms with Gasteiger partial charge in [-0.1, -0.05) is 65.3 Å². The first-order valence-electron chi connectivity index (χ1n) is 19.6. The van der Waals surface area contributed by atoms with E-state index < -0.39 is 36.3 Å². The third-order valence-corrected chi connectivity index (χ3v) is 12.1. The summed E-state index contributed by atoms with van der Waals surface area (Å²) >= 11 is 0. The van der Waals surface area contributed by atoms with Crippen molar-refractivity contribution in [1.29, 1.82) is 0 Å². The number of rotatable bonds is 19. The summed E-state index contributed by atoms with van der Waals surface area (Å²) in [5.74, 6) is -1.23. The summed E-state index contributed by atoms with van der Waals surface area (Å²) in [5, 5.41) is 19.5. The molecule has 11 unspecified atom stereocenters. The maximum absolute atomic E-state index is 14.2. The van der Waals surface area contributed by atoms with Crippen molar-refractivity contribution in [1.82, 2.24) is 25.8 Å². The number of hydrogen-bond acceptors (Lipinski definition) is 8. The van der Waals surface area contributed by atoms with Gasteiger partial charge in [0.25, 0.3) is 0 Å². The molecule has 305 valence electrons. The zero-order chi connectivity index (χ0) is 39.0. The van der Waals surface area contributed by atoms with E-state index in [1.54, 1.807) is 56.2 Å². The number of nitrogens with one attached hydrogen (secondary N) is 4. The van der Waals surface area contributed by atoms with Crippen LogP contribution in [0.1, 0.15) is 85.1 Å². The van der Waals surface area contributed by atoms with Crippen LogP contribution in [0.25, 0.3) is 5.73 Å². The molecule has 1 radical (unpaired) electrons. The third-order valence-electron chi connectivity index (χ3n) is 12.1. The minimum atomic E-state index is -0.723. The monoisotopic (exact) mass is 928 g/mol. The van der Waals surface area contributed by atoms with Gasteiger partial charge in [-0.2, -0.15) is 0 Å². The van der Waals surface area contributed by atoms with Gasteiger partial charge >= 0.3 is 0 Å². The molecule has 2 aliphatic heterocycles. The number of hydrogen-bond donors (Lipinski definition) is 4. The van der Waals surface area contributed by atoms with E-state index in [9.17, 15) is 24.3 Å². The molecule has 1 saturated carbocycles. The summed E-state index contributed by atoms with van der Waals surface area (Å²) in [7, 11) is 4.86. The number of aliphatic hydroxyl groups is 1. The Bertz CT molecular complexity index is 1400. The zero-order valence-corrected chi connectivity index (χ0v) is 36.2. The van der Waals surface area contributed by atoms with E-state index in [0.29, 0.717) is 37.0 Å². The average molecular weight is 928 g/mol. The molecule has 0 aromatic heterocycles. The molecular weight excluding hydrogens is 863 g/mol. The molecule has 13 nitrogen and oxygen atoms in total. The minimum Gasteiger partial charge on any atom is -0.699 e. The van der Waals surface area contributed by atoms with Gasteiger partial charge in [0.1, 0.15) is 6.04 Å². The van der Waals surface area contributed by atoms with Crippen LogP contribution < -0.4 is 16.0 Å². The van der Waals surface area contributed by atoms with Gasteiger partial charge in [-0.3, -0.25) is 19.2 Å². The predicted molar refractivity (Wildman–Crippen MR) is 204 cm³/mol. The smallest absolute Gasteiger partial charge is 0.245 e. The summed E-state index contributed by atoms with van der Waals surface area (Å²) < 4.78 is 11.9. The molecule has 2 bridgehead atoms. The zero-order valence-electron chi connectivity index (χ0n) is 33.5. The van der Waals surface area contributed by atoms with Crippen LogP contribution in [-0.2, 0) is 55.5 Å². The number of aliphatic hydroxyl groups excluding tert-OH is 1. The van der Waals surface area contributed by atoms with Crippen LogP contribution in [0.5, 0.6) is 0 Å². The van der Waals surface area contributed by atoms with Crippen LogP contribution in [0, 0.1) is 23.7 Å². The molecule has 0 spiro atoms. The van der Waals surface area contributed by atoms with Gasteiger partial charge in [0.05, 0.1) is 55.3 Å². The van der Waals surface area contributed by atoms with Crippen molar-refractivity contribution in [3.05, 3.63) is 35.6 Å². The Kier molecular flexibility index (Phi) is 17.9. The maximum Gasteiger partial charge on any atom is 0.245 e. The van der Waals surface area contributed by atoms with E-state index >= 15 is 0 Å². The molecule has 14 heteroatoms. The van der Waals surface area contributed by atoms with Crippen molar-refractivity contribution in [3.63, 3.8) is 0 Å². The number of nitrogens with zero attached hydrogens (tertiary/aromatic N) is 2. The van der Waals surface area contributed by atoms with Crippen molar-refractivity contribution in [2.24, 2.45) is 23.7 Å². The van der Waals surface area contributed by atoms with Crippen LogP contribution >= 0.6 is 0 Å². The molecule has 1 aromatic rings. The second-order valence-electron chi connectivity index (χ2n) is 16.0. The van der Waals surface area contributed by atoms with Crippen LogP contribution in [0.15, 0.2) is 24.3 Å². The quantitative estimate of drug-likeness (QED) is 0.163. The number of likely N-dealkylation sites (N-methyl/N-ethyl adjacent to an activating group) is 1. The standard InChI is InChI=1S/C40H65N6O7.Re/c1-9-24(4)36(45(6)40(51)34(23(2)3)44-39(50)35-27-15-16-29(20-27)42-35)32(52-7)21-33(48)46-17-11-14-31(46)37(53-8)25(5)38(49)43-30(22-47)19-26-12-10-13-28(41)18-26;/h10,12-13,18,23-25,27,29-32,34-37,41-42,47H,9,11,14-17,19-22H2,1-8H3,(H,43,49)(H,44,50);/q-1;. The number of carbonyl (C=O) groups is 4. The SMILES string of the molecule is CCC(C)C(C(CC(=O)N1CCCC1C(OC)C(C)C(=O)NC(CO)Cc1cccc([NH-])c1)OC)N(C)C(=O)C(NC(=O)C1NC2CCC1C2)C(C)C.[Re]. The number of benzene rings is 1. The first-order chi connectivity index (χ1) is 25.2. The fourth-order valence-corrected chi connectivity index (χ4v) is 8.91. The molecule has 1 aromatic carbocycles. The molecule has 1 aliphatic carbocycles. The van der Waals surface area contributed by atoms with E-state index in [1.165, 1.54) is 0 Å². The molecule has 4 amide bonds. The van der Waals surface area contributed by atoms with Gasteiger partial charge in [0.15, 0.2) is 0 Å². The number of fused-ring (bicyclic) bond motifs is 2. The van der Waals surface area contributed by atoms with Gasteiger partial charge in [0.2, 0.25) is 23.6 Å². The molecule has 2 heterocycles. The molecule has 3 fully saturated rings. The molecule has 2 saturated heterocycles. The Hall–Kier alpha value is -2.60. The molecule has 11 atom stereocenters. The Morgan fingerprint density at radius 2 is 1.80 bits per heavy atom. The Labute approximate surface area is 336 Å². The summed E-state index contributed by atoms with van der Waals surface area (Å²) in [5.41, 5.74) is 9.08. The molecule has 5 N–H and O–H groups in total. The van der Waals surface area contributed by atoms with Crippen LogP contribution in [-0.4, -0.2) is 121 Å². The van der Waals surface area contributed by atoms with E-state index in [2.05, 4.69) is 22.9 Å². The van der Waals surface area contributed by atoms with E-state index in [0.717, 1.165) is 37.7 Å². The largest absolute Gasteiger partial charge is 0.699 e. The van der Waals surface area contributed by atoms with Crippen LogP contribution in [0.2, 0.25) is 0 Å². The fraction of sp³-hybridized carbons (Fsp3) is 0.750. The second kappa shape index (κ2) is 21.1. The Balaban J connectivity index is 0.00000784. The molecule has 4 rings (SSSR count). The Morgan fingerprint density at radius 1 is 1.07 bits per heavy atom. The van der Waals surface area contributed by atoms with E-state index in [-0.39, 0.29) is 81.0 Å². The van der Waals surface area contributed by atoms with Gasteiger partial charge in [-0.05, 0) is 61.8 Å². The van der Waals surface area contributed by atoms with Crippen LogP contribution in [0.4, 0.5) is 5.69 Å². The summed E-state index contributed by atoms with van der Waals surface area (Å²) in [6.07, 6.45) is 4.49. The number of methoxy groups -OCH3 is 2. The topological polar surface area (TPSA) is 173 Å². The van der Waals surface area contributed by atoms with Gasteiger partial charge in [-0.15, -0.1) is 5.69 Å². The molecule has 3 aliphatic rings. The fourth-order valence-electron chi connectivity index (χ4n) is 8.91. The van der Waals surface area contributed by atoms with Crippen LogP contribution in [0.3, 0.4) is 0 Å². The van der Waals surface area contributed by atoms with Gasteiger partial charge in [-0.25, -0.2) is 0 Å². The first-order valence-corrected chi connectivity index (χ1v) is 19.6. The number of amides is 4. The maximum atomic E-state index is 14.2. The second-order valence-corrected chi connectivity index (χ2v) is 16.0. The van der Waals surface area contributed by atoms with Gasteiger partial charge in [0, 0.05) is 54.3 Å². The van der Waals surface area contributed by atoms with Crippen molar-refractivity contribution in [2.75, 3.05) is 34.4 Å². The van der Waals surface area contributed by atoms with Crippen molar-refractivity contribution < 1.29 is 54.2 Å². The van der Waals surface area contributed by atoms with Crippen molar-refractivity contribution in [2.45, 2.75) is 134 Å². The van der Waals surface area contributed by atoms with E-state index in [1.807, 2.05) is 26.8 Å². The van der Waals surface area contributed by atoms with Crippen molar-refractivity contribution in [3.8, 4) is 0 Å². The van der Waals surface area contributed by atoms with Crippen molar-refractivity contribution >= 4 is 29.3 Å². The summed E-state index contributed by atoms with van der Waals surface area (Å²) in [6, 6.07) is 5.08. The average Bonchev–Trinajstić information content (AvgIpc) is 3.91.